The molecule has 0 fully saturated rings. The molecule has 86 valence electrons. The normalized spacial score (nSPS) is 10.1. The first kappa shape index (κ1) is 13.4. The molecule has 0 unspecified atom stereocenters. The lowest BCUT2D eigenvalue weighted by Crippen LogP contribution is -2.09. The molecule has 0 saturated carbocycles. The largest absolute Gasteiger partial charge is 0.481 e. The highest BCUT2D eigenvalue weighted by Gasteiger charge is 2.10. The number of rotatable bonds is 5. The van der Waals surface area contributed by atoms with E-state index in [1.165, 1.54) is 0 Å². The van der Waals surface area contributed by atoms with Crippen molar-refractivity contribution >= 4 is 43.6 Å². The Hall–Kier alpha value is -0.680. The SMILES string of the molecule is O=C(O)Cc1ccc(Br)cc1CC(=O)CBr. The van der Waals surface area contributed by atoms with Crippen molar-refractivity contribution in [3.63, 3.8) is 0 Å². The highest BCUT2D eigenvalue weighted by molar-refractivity contribution is 9.10. The van der Waals surface area contributed by atoms with Crippen LogP contribution in [-0.4, -0.2) is 22.2 Å². The molecule has 0 aromatic heterocycles. The molecule has 0 aliphatic rings. The number of carbonyl (C=O) groups is 2. The first-order chi connectivity index (χ1) is 7.52. The van der Waals surface area contributed by atoms with Crippen LogP contribution in [0.4, 0.5) is 0 Å². The zero-order valence-electron chi connectivity index (χ0n) is 8.37. The second-order valence-corrected chi connectivity index (χ2v) is 4.81. The van der Waals surface area contributed by atoms with E-state index in [4.69, 9.17) is 5.11 Å². The molecule has 1 aromatic rings. The van der Waals surface area contributed by atoms with E-state index in [2.05, 4.69) is 31.9 Å². The fourth-order valence-corrected chi connectivity index (χ4v) is 1.96. The van der Waals surface area contributed by atoms with Gasteiger partial charge in [0.25, 0.3) is 0 Å². The van der Waals surface area contributed by atoms with Crippen molar-refractivity contribution in [2.75, 3.05) is 5.33 Å². The van der Waals surface area contributed by atoms with Crippen LogP contribution in [0.1, 0.15) is 11.1 Å². The Morgan fingerprint density at radius 3 is 2.44 bits per heavy atom. The molecule has 0 atom stereocenters. The zero-order chi connectivity index (χ0) is 12.1. The second-order valence-electron chi connectivity index (χ2n) is 3.33. The van der Waals surface area contributed by atoms with Crippen molar-refractivity contribution in [3.05, 3.63) is 33.8 Å². The summed E-state index contributed by atoms with van der Waals surface area (Å²) in [6.45, 7) is 0. The van der Waals surface area contributed by atoms with E-state index in [9.17, 15) is 9.59 Å². The van der Waals surface area contributed by atoms with Crippen molar-refractivity contribution in [3.8, 4) is 0 Å². The molecule has 0 aliphatic carbocycles. The summed E-state index contributed by atoms with van der Waals surface area (Å²) >= 11 is 6.39. The Balaban J connectivity index is 2.98. The van der Waals surface area contributed by atoms with Crippen LogP contribution in [0.5, 0.6) is 0 Å². The van der Waals surface area contributed by atoms with Crippen LogP contribution in [0.3, 0.4) is 0 Å². The maximum atomic E-state index is 11.3. The third kappa shape index (κ3) is 4.06. The number of carboxylic acid groups (broad SMARTS) is 1. The van der Waals surface area contributed by atoms with Crippen molar-refractivity contribution < 1.29 is 14.7 Å². The van der Waals surface area contributed by atoms with E-state index in [-0.39, 0.29) is 24.0 Å². The molecule has 1 N–H and O–H groups in total. The van der Waals surface area contributed by atoms with Gasteiger partial charge in [0.15, 0.2) is 0 Å². The summed E-state index contributed by atoms with van der Waals surface area (Å²) in [6.07, 6.45) is 0.200. The van der Waals surface area contributed by atoms with Crippen LogP contribution in [0.25, 0.3) is 0 Å². The number of benzene rings is 1. The van der Waals surface area contributed by atoms with E-state index >= 15 is 0 Å². The van der Waals surface area contributed by atoms with Gasteiger partial charge in [0.2, 0.25) is 0 Å². The number of aliphatic carboxylic acids is 1. The zero-order valence-corrected chi connectivity index (χ0v) is 11.5. The van der Waals surface area contributed by atoms with Gasteiger partial charge in [-0.3, -0.25) is 9.59 Å². The Bertz CT molecular complexity index is 416. The van der Waals surface area contributed by atoms with Crippen molar-refractivity contribution in [2.24, 2.45) is 0 Å². The number of carbonyl (C=O) groups excluding carboxylic acids is 1. The molecule has 5 heteroatoms. The van der Waals surface area contributed by atoms with Gasteiger partial charge in [-0.1, -0.05) is 37.9 Å². The van der Waals surface area contributed by atoms with Gasteiger partial charge < -0.3 is 5.11 Å². The summed E-state index contributed by atoms with van der Waals surface area (Å²) in [5, 5.41) is 9.03. The Morgan fingerprint density at radius 1 is 1.19 bits per heavy atom. The monoisotopic (exact) mass is 348 g/mol. The summed E-state index contributed by atoms with van der Waals surface area (Å²) in [5.41, 5.74) is 1.45. The van der Waals surface area contributed by atoms with Gasteiger partial charge in [0, 0.05) is 10.9 Å². The summed E-state index contributed by atoms with van der Waals surface area (Å²) < 4.78 is 0.846. The third-order valence-electron chi connectivity index (χ3n) is 2.05. The molecule has 0 saturated heterocycles. The molecule has 0 spiro atoms. The van der Waals surface area contributed by atoms with Crippen LogP contribution < -0.4 is 0 Å². The van der Waals surface area contributed by atoms with Gasteiger partial charge >= 0.3 is 5.97 Å². The minimum Gasteiger partial charge on any atom is -0.481 e. The molecule has 0 aliphatic heterocycles. The molecule has 3 nitrogen and oxygen atoms in total. The molecular weight excluding hydrogens is 340 g/mol. The maximum absolute atomic E-state index is 11.3. The molecule has 0 amide bonds. The minimum absolute atomic E-state index is 0.0322. The quantitative estimate of drug-likeness (QED) is 0.831. The van der Waals surface area contributed by atoms with E-state index < -0.39 is 5.97 Å². The maximum Gasteiger partial charge on any atom is 0.307 e. The van der Waals surface area contributed by atoms with Gasteiger partial charge in [0.1, 0.15) is 5.78 Å². The summed E-state index contributed by atoms with van der Waals surface area (Å²) in [5.74, 6) is -0.861. The summed E-state index contributed by atoms with van der Waals surface area (Å²) in [4.78, 5) is 22.0. The second kappa shape index (κ2) is 6.15. The lowest BCUT2D eigenvalue weighted by molar-refractivity contribution is -0.136. The predicted octanol–water partition coefficient (Wildman–Crippen LogP) is 2.58. The Morgan fingerprint density at radius 2 is 1.88 bits per heavy atom. The third-order valence-corrected chi connectivity index (χ3v) is 3.17. The topological polar surface area (TPSA) is 54.4 Å². The summed E-state index contributed by atoms with van der Waals surface area (Å²) in [7, 11) is 0. The van der Waals surface area contributed by atoms with Crippen LogP contribution >= 0.6 is 31.9 Å². The van der Waals surface area contributed by atoms with Gasteiger partial charge in [-0.25, -0.2) is 0 Å². The fraction of sp³-hybridized carbons (Fsp3) is 0.273. The van der Waals surface area contributed by atoms with Crippen LogP contribution in [0.2, 0.25) is 0 Å². The molecule has 1 rings (SSSR count). The van der Waals surface area contributed by atoms with E-state index in [1.807, 2.05) is 0 Å². The fourth-order valence-electron chi connectivity index (χ4n) is 1.35. The van der Waals surface area contributed by atoms with Gasteiger partial charge in [-0.05, 0) is 23.3 Å². The number of hydrogen-bond acceptors (Lipinski definition) is 2. The van der Waals surface area contributed by atoms with Gasteiger partial charge in [-0.2, -0.15) is 0 Å². The first-order valence-electron chi connectivity index (χ1n) is 4.59. The predicted molar refractivity (Wildman–Crippen MR) is 68.0 cm³/mol. The number of carboxylic acids is 1. The average Bonchev–Trinajstić information content (AvgIpc) is 2.21. The van der Waals surface area contributed by atoms with Crippen LogP contribution in [-0.2, 0) is 22.4 Å². The number of ketones is 1. The van der Waals surface area contributed by atoms with Crippen LogP contribution in [0, 0.1) is 0 Å². The Labute approximate surface area is 110 Å². The van der Waals surface area contributed by atoms with Gasteiger partial charge in [-0.15, -0.1) is 0 Å². The molecular formula is C11H10Br2O3. The van der Waals surface area contributed by atoms with E-state index in [0.717, 1.165) is 10.0 Å². The van der Waals surface area contributed by atoms with Crippen molar-refractivity contribution in [2.45, 2.75) is 12.8 Å². The molecule has 0 bridgehead atoms. The molecule has 16 heavy (non-hydrogen) atoms. The lowest BCUT2D eigenvalue weighted by Gasteiger charge is -2.07. The van der Waals surface area contributed by atoms with Gasteiger partial charge in [0.05, 0.1) is 11.8 Å². The number of alkyl halides is 1. The minimum atomic E-state index is -0.894. The molecule has 0 heterocycles. The van der Waals surface area contributed by atoms with Crippen molar-refractivity contribution in [1.82, 2.24) is 0 Å². The van der Waals surface area contributed by atoms with Crippen LogP contribution in [0.15, 0.2) is 22.7 Å². The standard InChI is InChI=1S/C11H10Br2O3/c12-6-10(14)4-8-3-9(13)2-1-7(8)5-11(15)16/h1-3H,4-6H2,(H,15,16). The van der Waals surface area contributed by atoms with E-state index in [1.54, 1.807) is 18.2 Å². The number of Topliss-reactive ketones (excluding diaryl/α,β-unsaturated/α-hetero) is 1. The summed E-state index contributed by atoms with van der Waals surface area (Å²) in [6, 6.07) is 5.30. The lowest BCUT2D eigenvalue weighted by atomic mass is 10.0. The number of halogens is 2. The molecule has 1 aromatic carbocycles. The highest BCUT2D eigenvalue weighted by atomic mass is 79.9. The average molecular weight is 350 g/mol. The van der Waals surface area contributed by atoms with E-state index in [0.29, 0.717) is 5.56 Å². The Kier molecular flexibility index (Phi) is 5.15. The molecule has 0 radical (unpaired) electrons. The first-order valence-corrected chi connectivity index (χ1v) is 6.51. The highest BCUT2D eigenvalue weighted by Crippen LogP contribution is 2.18. The van der Waals surface area contributed by atoms with Crippen molar-refractivity contribution in [1.29, 1.82) is 0 Å². The smallest absolute Gasteiger partial charge is 0.307 e. The number of hydrogen-bond donors (Lipinski definition) is 1.